The van der Waals surface area contributed by atoms with E-state index in [9.17, 15) is 9.35 Å². The molecule has 2 aromatic carbocycles. The van der Waals surface area contributed by atoms with Crippen LogP contribution in [0.25, 0.3) is 11.1 Å². The summed E-state index contributed by atoms with van der Waals surface area (Å²) >= 11 is -1.15. The van der Waals surface area contributed by atoms with Crippen LogP contribution in [0.5, 0.6) is 0 Å². The number of ether oxygens (including phenoxy) is 1. The molecule has 1 amide bonds. The molecule has 1 atom stereocenters. The molecule has 0 N–H and O–H groups in total. The van der Waals surface area contributed by atoms with Gasteiger partial charge in [-0.3, -0.25) is 0 Å². The summed E-state index contributed by atoms with van der Waals surface area (Å²) in [6, 6.07) is 19.9. The Balaban J connectivity index is 1.72. The fourth-order valence-corrected chi connectivity index (χ4v) is 5.62. The molecular weight excluding hydrogens is 499 g/mol. The minimum absolute atomic E-state index is 0.124. The van der Waals surface area contributed by atoms with Crippen molar-refractivity contribution in [3.05, 3.63) is 81.2 Å². The standard InChI is InChI=1S/C26H30N2O3SSe/c1-19(27-32(30)26(2,3)4)24-15-22(18-33-24)23-14-10-9-13-21(23)16-28(5)25(29)31-17-20-11-7-6-8-12-20/h6-15,18H,16-17H2,1-5H3. The third kappa shape index (κ3) is 7.08. The molecule has 7 heteroatoms. The summed E-state index contributed by atoms with van der Waals surface area (Å²) in [5, 5.41) is 0. The Morgan fingerprint density at radius 1 is 1.12 bits per heavy atom. The van der Waals surface area contributed by atoms with E-state index in [1.54, 1.807) is 11.9 Å². The molecule has 33 heavy (non-hydrogen) atoms. The molecule has 0 spiro atoms. The van der Waals surface area contributed by atoms with Crippen molar-refractivity contribution in [1.29, 1.82) is 0 Å². The van der Waals surface area contributed by atoms with E-state index in [1.807, 2.05) is 76.2 Å². The van der Waals surface area contributed by atoms with E-state index in [-0.39, 0.29) is 32.0 Å². The van der Waals surface area contributed by atoms with Crippen LogP contribution in [-0.2, 0) is 29.3 Å². The maximum absolute atomic E-state index is 12.5. The quantitative estimate of drug-likeness (QED) is 0.232. The van der Waals surface area contributed by atoms with Crippen molar-refractivity contribution < 1.29 is 14.1 Å². The van der Waals surface area contributed by atoms with E-state index in [1.165, 1.54) is 0 Å². The number of rotatable bonds is 7. The Morgan fingerprint density at radius 3 is 2.48 bits per heavy atom. The summed E-state index contributed by atoms with van der Waals surface area (Å²) in [5.41, 5.74) is 5.03. The summed E-state index contributed by atoms with van der Waals surface area (Å²) in [5.74, 6) is 0. The van der Waals surface area contributed by atoms with Crippen LogP contribution in [0.15, 0.2) is 70.0 Å². The fraction of sp³-hybridized carbons (Fsp3) is 0.308. The summed E-state index contributed by atoms with van der Waals surface area (Å²) in [6.07, 6.45) is -0.359. The number of carbonyl (C=O) groups excluding carboxylic acids is 1. The number of benzene rings is 2. The van der Waals surface area contributed by atoms with E-state index in [0.29, 0.717) is 6.54 Å². The second kappa shape index (κ2) is 11.2. The summed E-state index contributed by atoms with van der Waals surface area (Å²) in [4.78, 5) is 16.3. The molecule has 0 radical (unpaired) electrons. The second-order valence-electron chi connectivity index (χ2n) is 8.79. The molecule has 0 fully saturated rings. The van der Waals surface area contributed by atoms with Crippen molar-refractivity contribution in [2.45, 2.75) is 45.6 Å². The van der Waals surface area contributed by atoms with Crippen LogP contribution < -0.4 is 0 Å². The second-order valence-corrected chi connectivity index (χ2v) is 12.6. The minimum atomic E-state index is -1.28. The van der Waals surface area contributed by atoms with Gasteiger partial charge >= 0.3 is 200 Å². The predicted molar refractivity (Wildman–Crippen MR) is 137 cm³/mol. The van der Waals surface area contributed by atoms with Gasteiger partial charge in [0.25, 0.3) is 0 Å². The van der Waals surface area contributed by atoms with Crippen molar-refractivity contribution in [2.75, 3.05) is 7.05 Å². The normalized spacial score (nSPS) is 13.0. The molecule has 5 nitrogen and oxygen atoms in total. The molecule has 0 bridgehead atoms. The van der Waals surface area contributed by atoms with Crippen molar-refractivity contribution >= 4 is 37.7 Å². The zero-order valence-electron chi connectivity index (χ0n) is 19.7. The predicted octanol–water partition coefficient (Wildman–Crippen LogP) is 5.45. The molecule has 1 heterocycles. The third-order valence-corrected chi connectivity index (χ3v) is 8.62. The van der Waals surface area contributed by atoms with Crippen LogP contribution in [0, 0.1) is 0 Å². The first-order valence-electron chi connectivity index (χ1n) is 10.7. The van der Waals surface area contributed by atoms with Gasteiger partial charge in [0.1, 0.15) is 0 Å². The Bertz CT molecular complexity index is 1110. The van der Waals surface area contributed by atoms with Gasteiger partial charge in [-0.25, -0.2) is 0 Å². The van der Waals surface area contributed by atoms with Crippen LogP contribution in [0.3, 0.4) is 0 Å². The number of hydrogen-bond acceptors (Lipinski definition) is 4. The number of carbonyl (C=O) groups is 1. The summed E-state index contributed by atoms with van der Waals surface area (Å²) in [6.45, 7) is 8.40. The SMILES string of the molecule is CC(=N[S+]([O-])C(C)(C)C)c1cc(-c2ccccc2CN(C)C(=O)OCc2ccccc2)c[se]1. The van der Waals surface area contributed by atoms with Gasteiger partial charge in [0.05, 0.1) is 0 Å². The van der Waals surface area contributed by atoms with E-state index >= 15 is 0 Å². The first-order chi connectivity index (χ1) is 15.6. The van der Waals surface area contributed by atoms with Gasteiger partial charge in [-0.05, 0) is 0 Å². The van der Waals surface area contributed by atoms with Crippen molar-refractivity contribution in [3.63, 3.8) is 0 Å². The van der Waals surface area contributed by atoms with E-state index < -0.39 is 11.4 Å². The number of amides is 1. The molecule has 3 rings (SSSR count). The summed E-state index contributed by atoms with van der Waals surface area (Å²) in [7, 11) is 1.75. The zero-order valence-corrected chi connectivity index (χ0v) is 22.2. The van der Waals surface area contributed by atoms with Crippen LogP contribution in [0.4, 0.5) is 4.79 Å². The van der Waals surface area contributed by atoms with Crippen LogP contribution in [0.2, 0.25) is 0 Å². The van der Waals surface area contributed by atoms with Gasteiger partial charge in [0, 0.05) is 0 Å². The first kappa shape index (κ1) is 25.3. The van der Waals surface area contributed by atoms with Crippen molar-refractivity contribution in [2.24, 2.45) is 4.40 Å². The van der Waals surface area contributed by atoms with E-state index in [0.717, 1.165) is 32.4 Å². The molecular formula is C26H30N2O3SSe. The molecule has 0 saturated heterocycles. The molecule has 3 aromatic rings. The van der Waals surface area contributed by atoms with Gasteiger partial charge in [0.2, 0.25) is 0 Å². The van der Waals surface area contributed by atoms with Crippen molar-refractivity contribution in [3.8, 4) is 11.1 Å². The average molecular weight is 530 g/mol. The molecule has 1 aromatic heterocycles. The average Bonchev–Trinajstić information content (AvgIpc) is 3.28. The third-order valence-electron chi connectivity index (χ3n) is 4.95. The number of nitrogens with zero attached hydrogens (tertiary/aromatic N) is 2. The summed E-state index contributed by atoms with van der Waals surface area (Å²) < 4.78 is 23.0. The molecule has 1 unspecified atom stereocenters. The van der Waals surface area contributed by atoms with E-state index in [2.05, 4.69) is 21.5 Å². The molecule has 0 aliphatic carbocycles. The van der Waals surface area contributed by atoms with Gasteiger partial charge in [-0.15, -0.1) is 0 Å². The molecule has 0 saturated carbocycles. The molecule has 0 aliphatic rings. The topological polar surface area (TPSA) is 65.0 Å². The molecule has 0 aliphatic heterocycles. The Labute approximate surface area is 205 Å². The fourth-order valence-electron chi connectivity index (χ4n) is 3.06. The zero-order chi connectivity index (χ0) is 24.0. The van der Waals surface area contributed by atoms with Gasteiger partial charge in [-0.2, -0.15) is 0 Å². The van der Waals surface area contributed by atoms with Crippen LogP contribution in [-0.4, -0.2) is 47.6 Å². The van der Waals surface area contributed by atoms with Gasteiger partial charge in [-0.1, -0.05) is 6.07 Å². The maximum atomic E-state index is 12.5. The Morgan fingerprint density at radius 2 is 1.79 bits per heavy atom. The monoisotopic (exact) mass is 530 g/mol. The van der Waals surface area contributed by atoms with Gasteiger partial charge < -0.3 is 0 Å². The molecule has 174 valence electrons. The van der Waals surface area contributed by atoms with Gasteiger partial charge in [0.15, 0.2) is 0 Å². The Kier molecular flexibility index (Phi) is 8.60. The number of hydrogen-bond donors (Lipinski definition) is 0. The van der Waals surface area contributed by atoms with Crippen LogP contribution >= 0.6 is 0 Å². The van der Waals surface area contributed by atoms with Crippen LogP contribution in [0.1, 0.15) is 43.3 Å². The Hall–Kier alpha value is -2.31. The first-order valence-corrected chi connectivity index (χ1v) is 13.7. The van der Waals surface area contributed by atoms with Crippen molar-refractivity contribution in [1.82, 2.24) is 4.90 Å². The van der Waals surface area contributed by atoms with E-state index in [4.69, 9.17) is 4.74 Å².